The van der Waals surface area contributed by atoms with E-state index in [2.05, 4.69) is 5.32 Å². The van der Waals surface area contributed by atoms with Gasteiger partial charge < -0.3 is 10.1 Å². The highest BCUT2D eigenvalue weighted by atomic mass is 35.5. The van der Waals surface area contributed by atoms with Crippen molar-refractivity contribution in [3.63, 3.8) is 0 Å². The predicted molar refractivity (Wildman–Crippen MR) is 119 cm³/mol. The Bertz CT molecular complexity index is 1020. The van der Waals surface area contributed by atoms with Gasteiger partial charge >= 0.3 is 0 Å². The van der Waals surface area contributed by atoms with Crippen LogP contribution in [0.2, 0.25) is 5.02 Å². The van der Waals surface area contributed by atoms with Crippen molar-refractivity contribution in [2.24, 2.45) is 5.92 Å². The minimum Gasteiger partial charge on any atom is -0.492 e. The van der Waals surface area contributed by atoms with Gasteiger partial charge in [0.2, 0.25) is 15.9 Å². The molecule has 1 fully saturated rings. The number of anilines is 1. The van der Waals surface area contributed by atoms with Gasteiger partial charge in [0.1, 0.15) is 5.75 Å². The number of hydrogen-bond donors (Lipinski definition) is 1. The van der Waals surface area contributed by atoms with Gasteiger partial charge in [-0.3, -0.25) is 4.79 Å². The van der Waals surface area contributed by atoms with Gasteiger partial charge in [-0.1, -0.05) is 17.7 Å². The molecule has 162 valence electrons. The first-order valence-corrected chi connectivity index (χ1v) is 11.8. The molecule has 0 unspecified atom stereocenters. The van der Waals surface area contributed by atoms with Crippen molar-refractivity contribution in [1.82, 2.24) is 4.31 Å². The quantitative estimate of drug-likeness (QED) is 0.707. The normalized spacial score (nSPS) is 17.5. The number of sulfonamides is 1. The van der Waals surface area contributed by atoms with Crippen molar-refractivity contribution in [2.75, 3.05) is 25.0 Å². The zero-order chi connectivity index (χ0) is 21.9. The third kappa shape index (κ3) is 5.14. The van der Waals surface area contributed by atoms with E-state index < -0.39 is 15.9 Å². The minimum absolute atomic E-state index is 0.103. The molecule has 0 saturated carbocycles. The topological polar surface area (TPSA) is 75.7 Å². The van der Waals surface area contributed by atoms with Crippen molar-refractivity contribution in [3.05, 3.63) is 52.5 Å². The summed E-state index contributed by atoms with van der Waals surface area (Å²) in [6.45, 7) is 6.73. The van der Waals surface area contributed by atoms with E-state index in [4.69, 9.17) is 16.3 Å². The second-order valence-electron chi connectivity index (χ2n) is 7.59. The van der Waals surface area contributed by atoms with E-state index in [9.17, 15) is 13.2 Å². The van der Waals surface area contributed by atoms with Crippen LogP contribution in [0.4, 0.5) is 5.69 Å². The molecule has 1 aliphatic rings. The number of carbonyl (C=O) groups is 1. The zero-order valence-electron chi connectivity index (χ0n) is 17.4. The first-order chi connectivity index (χ1) is 14.2. The maximum absolute atomic E-state index is 13.1. The Morgan fingerprint density at radius 1 is 1.20 bits per heavy atom. The van der Waals surface area contributed by atoms with Gasteiger partial charge in [0, 0.05) is 18.8 Å². The van der Waals surface area contributed by atoms with Crippen molar-refractivity contribution in [3.8, 4) is 5.75 Å². The third-order valence-electron chi connectivity index (χ3n) is 5.09. The number of ether oxygens (including phenoxy) is 1. The fraction of sp³-hybridized carbons (Fsp3) is 0.409. The molecule has 2 aromatic rings. The molecule has 0 spiro atoms. The second-order valence-corrected chi connectivity index (χ2v) is 9.94. The highest BCUT2D eigenvalue weighted by molar-refractivity contribution is 7.89. The molecule has 0 bridgehead atoms. The predicted octanol–water partition coefficient (Wildman–Crippen LogP) is 4.39. The molecule has 2 aromatic carbocycles. The van der Waals surface area contributed by atoms with Crippen LogP contribution < -0.4 is 10.1 Å². The Hall–Kier alpha value is -2.09. The number of amides is 1. The Morgan fingerprint density at radius 3 is 2.53 bits per heavy atom. The fourth-order valence-electron chi connectivity index (χ4n) is 3.73. The number of carbonyl (C=O) groups excluding carboxylic acids is 1. The molecule has 1 saturated heterocycles. The van der Waals surface area contributed by atoms with Crippen molar-refractivity contribution < 1.29 is 17.9 Å². The first-order valence-electron chi connectivity index (χ1n) is 10.0. The molecule has 30 heavy (non-hydrogen) atoms. The number of aryl methyl sites for hydroxylation is 2. The van der Waals surface area contributed by atoms with Gasteiger partial charge in [-0.05, 0) is 75.1 Å². The summed E-state index contributed by atoms with van der Waals surface area (Å²) >= 11 is 6.18. The van der Waals surface area contributed by atoms with Crippen LogP contribution in [0.1, 0.15) is 30.9 Å². The summed E-state index contributed by atoms with van der Waals surface area (Å²) < 4.78 is 33.0. The van der Waals surface area contributed by atoms with Crippen LogP contribution in [0.3, 0.4) is 0 Å². The van der Waals surface area contributed by atoms with Crippen molar-refractivity contribution in [1.29, 1.82) is 0 Å². The lowest BCUT2D eigenvalue weighted by molar-refractivity contribution is -0.120. The molecule has 1 heterocycles. The van der Waals surface area contributed by atoms with E-state index in [0.29, 0.717) is 31.7 Å². The van der Waals surface area contributed by atoms with E-state index in [1.165, 1.54) is 16.4 Å². The lowest BCUT2D eigenvalue weighted by Crippen LogP contribution is -2.43. The van der Waals surface area contributed by atoms with Crippen LogP contribution >= 0.6 is 11.6 Å². The lowest BCUT2D eigenvalue weighted by Gasteiger charge is -2.31. The second kappa shape index (κ2) is 9.37. The first kappa shape index (κ1) is 22.6. The molecule has 1 N–H and O–H groups in total. The van der Waals surface area contributed by atoms with Gasteiger partial charge in [0.05, 0.1) is 22.4 Å². The average molecular weight is 451 g/mol. The van der Waals surface area contributed by atoms with Crippen molar-refractivity contribution >= 4 is 33.2 Å². The Balaban J connectivity index is 1.74. The maximum Gasteiger partial charge on any atom is 0.243 e. The van der Waals surface area contributed by atoms with Gasteiger partial charge in [0.15, 0.2) is 0 Å². The van der Waals surface area contributed by atoms with Crippen LogP contribution in [0, 0.1) is 19.8 Å². The van der Waals surface area contributed by atoms with Crippen LogP contribution in [0.5, 0.6) is 5.75 Å². The molecule has 0 aromatic heterocycles. The number of halogens is 1. The molecular formula is C22H27ClN2O4S. The number of piperidine rings is 1. The zero-order valence-corrected chi connectivity index (χ0v) is 19.0. The number of benzene rings is 2. The number of hydrogen-bond acceptors (Lipinski definition) is 4. The number of nitrogens with zero attached hydrogens (tertiary/aromatic N) is 1. The highest BCUT2D eigenvalue weighted by Gasteiger charge is 2.33. The Morgan fingerprint density at radius 2 is 1.90 bits per heavy atom. The van der Waals surface area contributed by atoms with E-state index in [0.717, 1.165) is 16.8 Å². The average Bonchev–Trinajstić information content (AvgIpc) is 2.69. The largest absolute Gasteiger partial charge is 0.492 e. The summed E-state index contributed by atoms with van der Waals surface area (Å²) in [6, 6.07) is 10.3. The molecular weight excluding hydrogens is 424 g/mol. The molecule has 0 radical (unpaired) electrons. The van der Waals surface area contributed by atoms with Gasteiger partial charge in [-0.25, -0.2) is 8.42 Å². The summed E-state index contributed by atoms with van der Waals surface area (Å²) in [6.07, 6.45) is 1.27. The monoisotopic (exact) mass is 450 g/mol. The SMILES string of the molecule is CCOc1ccc(S(=O)(=O)N2CCC[C@H](C(=O)Nc3cc(C)cc(C)c3)C2)cc1Cl. The number of nitrogens with one attached hydrogen (secondary N) is 1. The Labute approximate surface area is 183 Å². The van der Waals surface area contributed by atoms with Crippen LogP contribution in [0.15, 0.2) is 41.3 Å². The molecule has 0 aliphatic carbocycles. The van der Waals surface area contributed by atoms with Crippen LogP contribution in [-0.4, -0.2) is 38.3 Å². The summed E-state index contributed by atoms with van der Waals surface area (Å²) in [5.41, 5.74) is 2.85. The molecule has 1 amide bonds. The molecule has 3 rings (SSSR count). The molecule has 8 heteroatoms. The van der Waals surface area contributed by atoms with Gasteiger partial charge in [-0.15, -0.1) is 0 Å². The maximum atomic E-state index is 13.1. The molecule has 1 aliphatic heterocycles. The van der Waals surface area contributed by atoms with Gasteiger partial charge in [-0.2, -0.15) is 4.31 Å². The van der Waals surface area contributed by atoms with Crippen LogP contribution in [-0.2, 0) is 14.8 Å². The molecule has 6 nitrogen and oxygen atoms in total. The minimum atomic E-state index is -3.76. The summed E-state index contributed by atoms with van der Waals surface area (Å²) in [7, 11) is -3.76. The molecule has 1 atom stereocenters. The lowest BCUT2D eigenvalue weighted by atomic mass is 9.98. The van der Waals surface area contributed by atoms with Gasteiger partial charge in [0.25, 0.3) is 0 Å². The van der Waals surface area contributed by atoms with E-state index >= 15 is 0 Å². The number of rotatable bonds is 6. The van der Waals surface area contributed by atoms with Crippen molar-refractivity contribution in [2.45, 2.75) is 38.5 Å². The van der Waals surface area contributed by atoms with E-state index in [1.807, 2.05) is 39.0 Å². The Kier molecular flexibility index (Phi) is 7.06. The third-order valence-corrected chi connectivity index (χ3v) is 7.24. The fourth-order valence-corrected chi connectivity index (χ4v) is 5.58. The van der Waals surface area contributed by atoms with E-state index in [1.54, 1.807) is 6.07 Å². The summed E-state index contributed by atoms with van der Waals surface area (Å²) in [5, 5.41) is 3.19. The van der Waals surface area contributed by atoms with Crippen LogP contribution in [0.25, 0.3) is 0 Å². The smallest absolute Gasteiger partial charge is 0.243 e. The summed E-state index contributed by atoms with van der Waals surface area (Å²) in [4.78, 5) is 12.9. The highest BCUT2D eigenvalue weighted by Crippen LogP contribution is 2.30. The van der Waals surface area contributed by atoms with E-state index in [-0.39, 0.29) is 22.4 Å². The summed E-state index contributed by atoms with van der Waals surface area (Å²) in [5.74, 6) is -0.125. The standard InChI is InChI=1S/C22H27ClN2O4S/c1-4-29-21-8-7-19(13-20(21)23)30(27,28)25-9-5-6-17(14-25)22(26)24-18-11-15(2)10-16(3)12-18/h7-8,10-13,17H,4-6,9,14H2,1-3H3,(H,24,26)/t17-/m0/s1.